The highest BCUT2D eigenvalue weighted by Crippen LogP contribution is 2.27. The maximum atomic E-state index is 12.1. The van der Waals surface area contributed by atoms with Crippen molar-refractivity contribution in [3.05, 3.63) is 83.6 Å². The molecule has 0 aliphatic rings. The van der Waals surface area contributed by atoms with E-state index in [-0.39, 0.29) is 5.91 Å². The van der Waals surface area contributed by atoms with Crippen molar-refractivity contribution in [2.75, 3.05) is 11.1 Å². The predicted octanol–water partition coefficient (Wildman–Crippen LogP) is 5.76. The molecule has 0 spiro atoms. The Morgan fingerprint density at radius 3 is 2.54 bits per heavy atom. The van der Waals surface area contributed by atoms with Crippen LogP contribution in [0.1, 0.15) is 5.56 Å². The second-order valence-electron chi connectivity index (χ2n) is 5.44. The maximum Gasteiger partial charge on any atom is 0.234 e. The second-order valence-corrected chi connectivity index (χ2v) is 7.91. The number of rotatable bonds is 7. The molecule has 0 saturated heterocycles. The van der Waals surface area contributed by atoms with Gasteiger partial charge in [0.05, 0.1) is 10.8 Å². The number of hydrogen-bond acceptors (Lipinski definition) is 4. The van der Waals surface area contributed by atoms with Gasteiger partial charge in [0.25, 0.3) is 0 Å². The average molecular weight is 401 g/mol. The fourth-order valence-electron chi connectivity index (χ4n) is 2.19. The number of thioether (sulfide) groups is 2. The summed E-state index contributed by atoms with van der Waals surface area (Å²) in [7, 11) is 0. The quantitative estimate of drug-likeness (QED) is 0.512. The number of nitrogens with one attached hydrogen (secondary N) is 1. The minimum Gasteiger partial charge on any atom is -0.325 e. The molecular formula is C20H17ClN2OS2. The van der Waals surface area contributed by atoms with Gasteiger partial charge in [-0.25, -0.2) is 0 Å². The monoisotopic (exact) mass is 400 g/mol. The Bertz CT molecular complexity index is 857. The molecular weight excluding hydrogens is 384 g/mol. The van der Waals surface area contributed by atoms with Crippen molar-refractivity contribution in [2.45, 2.75) is 15.5 Å². The lowest BCUT2D eigenvalue weighted by Gasteiger charge is -2.07. The van der Waals surface area contributed by atoms with Crippen molar-refractivity contribution in [1.82, 2.24) is 4.98 Å². The van der Waals surface area contributed by atoms with Gasteiger partial charge in [-0.05, 0) is 48.0 Å². The smallest absolute Gasteiger partial charge is 0.234 e. The van der Waals surface area contributed by atoms with Crippen LogP contribution in [0, 0.1) is 0 Å². The molecule has 0 radical (unpaired) electrons. The Kier molecular flexibility index (Phi) is 7.00. The van der Waals surface area contributed by atoms with E-state index in [0.717, 1.165) is 21.2 Å². The summed E-state index contributed by atoms with van der Waals surface area (Å²) in [6, 6.07) is 19.4. The number of benzene rings is 2. The molecule has 6 heteroatoms. The number of nitrogens with zero attached hydrogens (tertiary/aromatic N) is 1. The van der Waals surface area contributed by atoms with Crippen molar-refractivity contribution in [1.29, 1.82) is 0 Å². The number of carbonyl (C=O) groups excluding carboxylic acids is 1. The Morgan fingerprint density at radius 1 is 1.00 bits per heavy atom. The fraction of sp³-hybridized carbons (Fsp3) is 0.100. The van der Waals surface area contributed by atoms with Crippen LogP contribution in [-0.4, -0.2) is 16.6 Å². The van der Waals surface area contributed by atoms with Crippen molar-refractivity contribution < 1.29 is 4.79 Å². The first-order valence-electron chi connectivity index (χ1n) is 7.99. The zero-order chi connectivity index (χ0) is 18.2. The normalized spacial score (nSPS) is 10.5. The lowest BCUT2D eigenvalue weighted by Crippen LogP contribution is -2.13. The van der Waals surface area contributed by atoms with Crippen LogP contribution in [0.5, 0.6) is 0 Å². The van der Waals surface area contributed by atoms with E-state index in [0.29, 0.717) is 10.8 Å². The van der Waals surface area contributed by atoms with Crippen molar-refractivity contribution >= 4 is 46.7 Å². The van der Waals surface area contributed by atoms with Gasteiger partial charge >= 0.3 is 0 Å². The molecule has 0 atom stereocenters. The zero-order valence-electron chi connectivity index (χ0n) is 13.9. The van der Waals surface area contributed by atoms with Crippen LogP contribution >= 0.6 is 35.1 Å². The number of carbonyl (C=O) groups is 1. The molecule has 0 bridgehead atoms. The molecule has 2 aromatic carbocycles. The number of aromatic nitrogens is 1. The van der Waals surface area contributed by atoms with Gasteiger partial charge in [-0.3, -0.25) is 9.78 Å². The molecule has 0 saturated carbocycles. The molecule has 3 nitrogen and oxygen atoms in total. The van der Waals surface area contributed by atoms with E-state index < -0.39 is 0 Å². The Hall–Kier alpha value is -1.95. The van der Waals surface area contributed by atoms with Gasteiger partial charge in [-0.1, -0.05) is 29.8 Å². The van der Waals surface area contributed by atoms with Crippen LogP contribution in [-0.2, 0) is 10.5 Å². The molecule has 3 rings (SSSR count). The van der Waals surface area contributed by atoms with Gasteiger partial charge in [-0.15, -0.1) is 23.5 Å². The number of pyridine rings is 1. The Morgan fingerprint density at radius 2 is 1.81 bits per heavy atom. The van der Waals surface area contributed by atoms with Gasteiger partial charge in [0, 0.05) is 33.6 Å². The van der Waals surface area contributed by atoms with E-state index >= 15 is 0 Å². The highest BCUT2D eigenvalue weighted by molar-refractivity contribution is 8.00. The molecule has 1 aromatic heterocycles. The number of hydrogen-bond donors (Lipinski definition) is 1. The van der Waals surface area contributed by atoms with E-state index in [9.17, 15) is 4.79 Å². The molecule has 1 heterocycles. The minimum absolute atomic E-state index is 0.0503. The number of amides is 1. The zero-order valence-corrected chi connectivity index (χ0v) is 16.3. The first kappa shape index (κ1) is 18.8. The summed E-state index contributed by atoms with van der Waals surface area (Å²) in [5, 5.41) is 3.58. The van der Waals surface area contributed by atoms with Gasteiger partial charge in [0.1, 0.15) is 0 Å². The first-order valence-corrected chi connectivity index (χ1v) is 10.3. The van der Waals surface area contributed by atoms with Gasteiger partial charge in [0.2, 0.25) is 5.91 Å². The van der Waals surface area contributed by atoms with Crippen molar-refractivity contribution in [3.63, 3.8) is 0 Å². The molecule has 0 fully saturated rings. The number of halogens is 1. The predicted molar refractivity (Wildman–Crippen MR) is 111 cm³/mol. The lowest BCUT2D eigenvalue weighted by atomic mass is 10.3. The summed E-state index contributed by atoms with van der Waals surface area (Å²) in [6.45, 7) is 0. The van der Waals surface area contributed by atoms with Crippen LogP contribution in [0.4, 0.5) is 5.69 Å². The SMILES string of the molecule is O=C(CSc1ccccc1Cl)Nc1ccc(SCc2cccnc2)cc1. The third-order valence-electron chi connectivity index (χ3n) is 3.46. The highest BCUT2D eigenvalue weighted by atomic mass is 35.5. The molecule has 1 N–H and O–H groups in total. The molecule has 1 amide bonds. The minimum atomic E-state index is -0.0503. The average Bonchev–Trinajstić information content (AvgIpc) is 2.68. The highest BCUT2D eigenvalue weighted by Gasteiger charge is 2.06. The molecule has 0 unspecified atom stereocenters. The lowest BCUT2D eigenvalue weighted by molar-refractivity contribution is -0.113. The fourth-order valence-corrected chi connectivity index (χ4v) is 4.06. The molecule has 132 valence electrons. The van der Waals surface area contributed by atoms with E-state index in [1.165, 1.54) is 17.3 Å². The third kappa shape index (κ3) is 5.80. The summed E-state index contributed by atoms with van der Waals surface area (Å²) >= 11 is 9.27. The van der Waals surface area contributed by atoms with Gasteiger partial charge in [0.15, 0.2) is 0 Å². The molecule has 3 aromatic rings. The van der Waals surface area contributed by atoms with E-state index in [1.807, 2.05) is 60.8 Å². The summed E-state index contributed by atoms with van der Waals surface area (Å²) in [4.78, 5) is 18.3. The van der Waals surface area contributed by atoms with E-state index in [1.54, 1.807) is 18.0 Å². The van der Waals surface area contributed by atoms with Gasteiger partial charge in [-0.2, -0.15) is 0 Å². The van der Waals surface area contributed by atoms with Crippen molar-refractivity contribution in [3.8, 4) is 0 Å². The second kappa shape index (κ2) is 9.67. The van der Waals surface area contributed by atoms with E-state index in [2.05, 4.69) is 16.4 Å². The van der Waals surface area contributed by atoms with Crippen LogP contribution in [0.3, 0.4) is 0 Å². The van der Waals surface area contributed by atoms with Crippen LogP contribution in [0.2, 0.25) is 5.02 Å². The van der Waals surface area contributed by atoms with Crippen LogP contribution < -0.4 is 5.32 Å². The summed E-state index contributed by atoms with van der Waals surface area (Å²) in [5.41, 5.74) is 1.98. The summed E-state index contributed by atoms with van der Waals surface area (Å²) in [5.74, 6) is 1.14. The number of anilines is 1. The summed E-state index contributed by atoms with van der Waals surface area (Å²) < 4.78 is 0. The van der Waals surface area contributed by atoms with Crippen LogP contribution in [0.25, 0.3) is 0 Å². The molecule has 26 heavy (non-hydrogen) atoms. The first-order chi connectivity index (χ1) is 12.7. The van der Waals surface area contributed by atoms with Crippen molar-refractivity contribution in [2.24, 2.45) is 0 Å². The molecule has 0 aliphatic heterocycles. The van der Waals surface area contributed by atoms with E-state index in [4.69, 9.17) is 11.6 Å². The molecule has 0 aliphatic carbocycles. The topological polar surface area (TPSA) is 42.0 Å². The van der Waals surface area contributed by atoms with Gasteiger partial charge < -0.3 is 5.32 Å². The largest absolute Gasteiger partial charge is 0.325 e. The third-order valence-corrected chi connectivity index (χ3v) is 6.06. The van der Waals surface area contributed by atoms with Crippen LogP contribution in [0.15, 0.2) is 82.8 Å². The Labute approximate surface area is 166 Å². The maximum absolute atomic E-state index is 12.1. The summed E-state index contributed by atoms with van der Waals surface area (Å²) in [6.07, 6.45) is 3.65. The Balaban J connectivity index is 1.47. The standard InChI is InChI=1S/C20H17ClN2OS2/c21-18-5-1-2-6-19(18)26-14-20(24)23-16-7-9-17(10-8-16)25-13-15-4-3-11-22-12-15/h1-12H,13-14H2,(H,23,24).